The molecule has 0 aromatic heterocycles. The van der Waals surface area contributed by atoms with E-state index in [0.717, 1.165) is 25.0 Å². The van der Waals surface area contributed by atoms with Crippen LogP contribution in [-0.2, 0) is 4.79 Å². The molecule has 0 aliphatic heterocycles. The summed E-state index contributed by atoms with van der Waals surface area (Å²) in [4.78, 5) is 13.4. The Morgan fingerprint density at radius 3 is 2.64 bits per heavy atom. The molecule has 78 valence electrons. The summed E-state index contributed by atoms with van der Waals surface area (Å²) in [6.45, 7) is 4.16. The average molecular weight is 193 g/mol. The lowest BCUT2D eigenvalue weighted by atomic mass is 10.0. The molecule has 0 aromatic carbocycles. The summed E-state index contributed by atoms with van der Waals surface area (Å²) in [5.41, 5.74) is 2.54. The SMILES string of the molecule is CCCC(=O)N(C)C1=CC=C(C)CC1. The number of hydrogen-bond acceptors (Lipinski definition) is 1. The zero-order chi connectivity index (χ0) is 10.6. The first-order chi connectivity index (χ1) is 6.65. The van der Waals surface area contributed by atoms with Crippen LogP contribution in [0.4, 0.5) is 0 Å². The third kappa shape index (κ3) is 2.72. The number of amides is 1. The first-order valence-electron chi connectivity index (χ1n) is 5.28. The van der Waals surface area contributed by atoms with E-state index in [9.17, 15) is 4.79 Å². The van der Waals surface area contributed by atoms with Gasteiger partial charge in [0.05, 0.1) is 0 Å². The second-order valence-corrected chi connectivity index (χ2v) is 3.87. The predicted molar refractivity (Wildman–Crippen MR) is 58.8 cm³/mol. The Balaban J connectivity index is 2.61. The molecule has 0 heterocycles. The molecule has 1 rings (SSSR count). The molecule has 0 saturated carbocycles. The third-order valence-electron chi connectivity index (χ3n) is 2.60. The van der Waals surface area contributed by atoms with Gasteiger partial charge in [0.15, 0.2) is 0 Å². The molecule has 0 saturated heterocycles. The van der Waals surface area contributed by atoms with Gasteiger partial charge in [0.1, 0.15) is 0 Å². The van der Waals surface area contributed by atoms with E-state index in [0.29, 0.717) is 6.42 Å². The standard InChI is InChI=1S/C12H19NO/c1-4-5-12(14)13(3)11-8-6-10(2)7-9-11/h6,8H,4-5,7,9H2,1-3H3. The van der Waals surface area contributed by atoms with E-state index in [2.05, 4.69) is 19.1 Å². The molecule has 0 spiro atoms. The molecule has 0 radical (unpaired) electrons. The minimum atomic E-state index is 0.228. The molecule has 0 unspecified atom stereocenters. The Labute approximate surface area is 86.3 Å². The molecule has 1 aliphatic carbocycles. The second-order valence-electron chi connectivity index (χ2n) is 3.87. The van der Waals surface area contributed by atoms with Gasteiger partial charge in [-0.15, -0.1) is 0 Å². The number of rotatable bonds is 3. The highest BCUT2D eigenvalue weighted by Gasteiger charge is 2.13. The van der Waals surface area contributed by atoms with Crippen molar-refractivity contribution in [1.29, 1.82) is 0 Å². The van der Waals surface area contributed by atoms with E-state index in [-0.39, 0.29) is 5.91 Å². The van der Waals surface area contributed by atoms with Crippen LogP contribution in [0, 0.1) is 0 Å². The zero-order valence-corrected chi connectivity index (χ0v) is 9.34. The normalized spacial score (nSPS) is 15.9. The van der Waals surface area contributed by atoms with E-state index in [1.165, 1.54) is 5.57 Å². The molecule has 0 aromatic rings. The van der Waals surface area contributed by atoms with Crippen LogP contribution in [0.1, 0.15) is 39.5 Å². The highest BCUT2D eigenvalue weighted by atomic mass is 16.2. The van der Waals surface area contributed by atoms with Crippen LogP contribution in [0.3, 0.4) is 0 Å². The van der Waals surface area contributed by atoms with Crippen LogP contribution in [-0.4, -0.2) is 17.9 Å². The van der Waals surface area contributed by atoms with Crippen molar-refractivity contribution in [3.05, 3.63) is 23.4 Å². The Bertz CT molecular complexity index is 276. The molecule has 2 nitrogen and oxygen atoms in total. The van der Waals surface area contributed by atoms with Gasteiger partial charge in [-0.2, -0.15) is 0 Å². The van der Waals surface area contributed by atoms with Crippen LogP contribution in [0.2, 0.25) is 0 Å². The lowest BCUT2D eigenvalue weighted by Gasteiger charge is -2.22. The highest BCUT2D eigenvalue weighted by molar-refractivity contribution is 5.77. The van der Waals surface area contributed by atoms with Crippen molar-refractivity contribution in [3.63, 3.8) is 0 Å². The largest absolute Gasteiger partial charge is 0.319 e. The molecule has 1 amide bonds. The first-order valence-corrected chi connectivity index (χ1v) is 5.28. The van der Waals surface area contributed by atoms with Crippen LogP contribution in [0.25, 0.3) is 0 Å². The van der Waals surface area contributed by atoms with Crippen molar-refractivity contribution in [2.45, 2.75) is 39.5 Å². The molecule has 0 fully saturated rings. The molecular weight excluding hydrogens is 174 g/mol. The fourth-order valence-electron chi connectivity index (χ4n) is 1.55. The average Bonchev–Trinajstić information content (AvgIpc) is 2.18. The van der Waals surface area contributed by atoms with Gasteiger partial charge in [-0.05, 0) is 32.3 Å². The number of carbonyl (C=O) groups excluding carboxylic acids is 1. The van der Waals surface area contributed by atoms with Gasteiger partial charge in [-0.1, -0.05) is 18.6 Å². The summed E-state index contributed by atoms with van der Waals surface area (Å²) in [7, 11) is 1.87. The number of hydrogen-bond donors (Lipinski definition) is 0. The maximum absolute atomic E-state index is 11.6. The Morgan fingerprint density at radius 1 is 1.43 bits per heavy atom. The summed E-state index contributed by atoms with van der Waals surface area (Å²) >= 11 is 0. The quantitative estimate of drug-likeness (QED) is 0.675. The van der Waals surface area contributed by atoms with Crippen molar-refractivity contribution >= 4 is 5.91 Å². The van der Waals surface area contributed by atoms with Crippen LogP contribution in [0.15, 0.2) is 23.4 Å². The zero-order valence-electron chi connectivity index (χ0n) is 9.34. The predicted octanol–water partition coefficient (Wildman–Crippen LogP) is 2.87. The van der Waals surface area contributed by atoms with Gasteiger partial charge in [0.25, 0.3) is 0 Å². The van der Waals surface area contributed by atoms with Crippen molar-refractivity contribution in [1.82, 2.24) is 4.90 Å². The molecule has 0 atom stereocenters. The van der Waals surface area contributed by atoms with E-state index in [1.54, 1.807) is 4.90 Å². The number of carbonyl (C=O) groups is 1. The lowest BCUT2D eigenvalue weighted by Crippen LogP contribution is -2.26. The van der Waals surface area contributed by atoms with E-state index < -0.39 is 0 Å². The van der Waals surface area contributed by atoms with Gasteiger partial charge in [-0.3, -0.25) is 4.79 Å². The third-order valence-corrected chi connectivity index (χ3v) is 2.60. The van der Waals surface area contributed by atoms with E-state index >= 15 is 0 Å². The maximum atomic E-state index is 11.6. The van der Waals surface area contributed by atoms with Crippen molar-refractivity contribution in [3.8, 4) is 0 Å². The smallest absolute Gasteiger partial charge is 0.226 e. The Kier molecular flexibility index (Phi) is 3.93. The van der Waals surface area contributed by atoms with Gasteiger partial charge in [-0.25, -0.2) is 0 Å². The van der Waals surface area contributed by atoms with Gasteiger partial charge < -0.3 is 4.90 Å². The van der Waals surface area contributed by atoms with Crippen molar-refractivity contribution in [2.75, 3.05) is 7.05 Å². The molecule has 2 heteroatoms. The fraction of sp³-hybridized carbons (Fsp3) is 0.583. The monoisotopic (exact) mass is 193 g/mol. The molecular formula is C12H19NO. The van der Waals surface area contributed by atoms with Crippen LogP contribution in [0.5, 0.6) is 0 Å². The van der Waals surface area contributed by atoms with Gasteiger partial charge >= 0.3 is 0 Å². The van der Waals surface area contributed by atoms with Crippen LogP contribution >= 0.6 is 0 Å². The summed E-state index contributed by atoms with van der Waals surface area (Å²) < 4.78 is 0. The van der Waals surface area contributed by atoms with Crippen molar-refractivity contribution < 1.29 is 4.79 Å². The minimum Gasteiger partial charge on any atom is -0.319 e. The van der Waals surface area contributed by atoms with E-state index in [4.69, 9.17) is 0 Å². The summed E-state index contributed by atoms with van der Waals surface area (Å²) in [5.74, 6) is 0.228. The van der Waals surface area contributed by atoms with Crippen molar-refractivity contribution in [2.24, 2.45) is 0 Å². The maximum Gasteiger partial charge on any atom is 0.226 e. The lowest BCUT2D eigenvalue weighted by molar-refractivity contribution is -0.128. The summed E-state index contributed by atoms with van der Waals surface area (Å²) in [6, 6.07) is 0. The topological polar surface area (TPSA) is 20.3 Å². The first kappa shape index (κ1) is 11.0. The summed E-state index contributed by atoms with van der Waals surface area (Å²) in [6.07, 6.45) is 7.81. The molecule has 0 N–H and O–H groups in total. The molecule has 1 aliphatic rings. The Hall–Kier alpha value is -1.05. The fourth-order valence-corrected chi connectivity index (χ4v) is 1.55. The van der Waals surface area contributed by atoms with Gasteiger partial charge in [0.2, 0.25) is 5.91 Å². The van der Waals surface area contributed by atoms with Gasteiger partial charge in [0, 0.05) is 19.2 Å². The molecule has 14 heavy (non-hydrogen) atoms. The van der Waals surface area contributed by atoms with E-state index in [1.807, 2.05) is 14.0 Å². The second kappa shape index (κ2) is 4.99. The Morgan fingerprint density at radius 2 is 2.14 bits per heavy atom. The van der Waals surface area contributed by atoms with Crippen LogP contribution < -0.4 is 0 Å². The summed E-state index contributed by atoms with van der Waals surface area (Å²) in [5, 5.41) is 0. The number of allylic oxidation sites excluding steroid dienone is 4. The minimum absolute atomic E-state index is 0.228. The molecule has 0 bridgehead atoms. The highest BCUT2D eigenvalue weighted by Crippen LogP contribution is 2.20. The number of nitrogens with zero attached hydrogens (tertiary/aromatic N) is 1.